The maximum atomic E-state index is 11.3. The summed E-state index contributed by atoms with van der Waals surface area (Å²) in [7, 11) is 1.61. The van der Waals surface area contributed by atoms with Crippen molar-refractivity contribution in [3.8, 4) is 5.88 Å². The van der Waals surface area contributed by atoms with E-state index in [-0.39, 0.29) is 6.61 Å². The van der Waals surface area contributed by atoms with Crippen molar-refractivity contribution >= 4 is 5.69 Å². The van der Waals surface area contributed by atoms with Crippen LogP contribution >= 0.6 is 0 Å². The molecule has 4 nitrogen and oxygen atoms in total. The molecule has 1 aliphatic heterocycles. The highest BCUT2D eigenvalue weighted by Crippen LogP contribution is 2.34. The Kier molecular flexibility index (Phi) is 3.84. The molecule has 1 aliphatic rings. The summed E-state index contributed by atoms with van der Waals surface area (Å²) in [6.07, 6.45) is 5.23. The topological polar surface area (TPSA) is 45.3 Å². The largest absolute Gasteiger partial charge is 0.480 e. The third-order valence-electron chi connectivity index (χ3n) is 3.41. The first-order chi connectivity index (χ1) is 8.27. The van der Waals surface area contributed by atoms with Gasteiger partial charge in [-0.05, 0) is 32.3 Å². The molecule has 4 heteroatoms. The van der Waals surface area contributed by atoms with Gasteiger partial charge in [0.2, 0.25) is 5.88 Å². The summed E-state index contributed by atoms with van der Waals surface area (Å²) in [5.74, 6) is 0.576. The Labute approximate surface area is 102 Å². The highest BCUT2D eigenvalue weighted by molar-refractivity contribution is 5.61. The van der Waals surface area contributed by atoms with E-state index < -0.39 is 0 Å². The molecule has 0 aromatic carbocycles. The van der Waals surface area contributed by atoms with Crippen molar-refractivity contribution in [3.63, 3.8) is 0 Å². The molecule has 1 aromatic heterocycles. The normalized spacial score (nSPS) is 20.4. The molecule has 0 saturated carbocycles. The van der Waals surface area contributed by atoms with E-state index in [1.165, 1.54) is 12.8 Å². The molecule has 1 radical (unpaired) electrons. The first kappa shape index (κ1) is 12.2. The van der Waals surface area contributed by atoms with Crippen molar-refractivity contribution < 1.29 is 9.84 Å². The highest BCUT2D eigenvalue weighted by Gasteiger charge is 2.24. The van der Waals surface area contributed by atoms with Gasteiger partial charge in [-0.3, -0.25) is 0 Å². The summed E-state index contributed by atoms with van der Waals surface area (Å²) >= 11 is 0. The van der Waals surface area contributed by atoms with Crippen molar-refractivity contribution in [2.24, 2.45) is 0 Å². The third kappa shape index (κ3) is 2.36. The molecule has 0 bridgehead atoms. The highest BCUT2D eigenvalue weighted by atomic mass is 16.5. The number of pyridine rings is 1. The number of hydrogen-bond acceptors (Lipinski definition) is 3. The molecule has 0 amide bonds. The van der Waals surface area contributed by atoms with Crippen molar-refractivity contribution in [2.75, 3.05) is 18.6 Å². The standard InChI is InChI=1S/C13H19N2O2/c1-10-5-3-4-8-15(10)12-11(9-16)6-7-14-13(12)17-2/h6-7,10H,3-5,8-9H2,1-2H3. The van der Waals surface area contributed by atoms with Crippen LogP contribution in [0.4, 0.5) is 5.69 Å². The van der Waals surface area contributed by atoms with Gasteiger partial charge in [-0.2, -0.15) is 0 Å². The molecular formula is C13H19N2O2. The molecule has 1 fully saturated rings. The first-order valence-corrected chi connectivity index (χ1v) is 6.14. The average molecular weight is 235 g/mol. The second kappa shape index (κ2) is 5.36. The number of nitrogens with zero attached hydrogens (tertiary/aromatic N) is 2. The van der Waals surface area contributed by atoms with Crippen molar-refractivity contribution in [2.45, 2.75) is 38.8 Å². The van der Waals surface area contributed by atoms with Crippen LogP contribution in [-0.2, 0) is 11.7 Å². The molecule has 1 atom stereocenters. The molecule has 0 aliphatic carbocycles. The Hall–Kier alpha value is -1.29. The number of rotatable bonds is 3. The van der Waals surface area contributed by atoms with E-state index in [0.717, 1.165) is 24.2 Å². The number of ether oxygens (including phenoxy) is 1. The van der Waals surface area contributed by atoms with Crippen LogP contribution in [0.3, 0.4) is 0 Å². The maximum absolute atomic E-state index is 11.3. The second-order valence-electron chi connectivity index (χ2n) is 4.51. The minimum absolute atomic E-state index is 0.225. The molecule has 17 heavy (non-hydrogen) atoms. The fourth-order valence-electron chi connectivity index (χ4n) is 2.48. The quantitative estimate of drug-likeness (QED) is 0.808. The number of aromatic nitrogens is 1. The Balaban J connectivity index is 2.40. The van der Waals surface area contributed by atoms with E-state index in [1.54, 1.807) is 19.4 Å². The lowest BCUT2D eigenvalue weighted by Gasteiger charge is -2.36. The smallest absolute Gasteiger partial charge is 0.237 e. The predicted octanol–water partition coefficient (Wildman–Crippen LogP) is 2.40. The monoisotopic (exact) mass is 235 g/mol. The van der Waals surface area contributed by atoms with Gasteiger partial charge in [0.1, 0.15) is 12.3 Å². The molecule has 2 rings (SSSR count). The second-order valence-corrected chi connectivity index (χ2v) is 4.51. The van der Waals surface area contributed by atoms with Gasteiger partial charge in [0.05, 0.1) is 7.11 Å². The number of piperidine rings is 1. The van der Waals surface area contributed by atoms with Crippen molar-refractivity contribution in [1.82, 2.24) is 4.98 Å². The molecule has 1 aromatic rings. The summed E-state index contributed by atoms with van der Waals surface area (Å²) in [5, 5.41) is 11.3. The first-order valence-electron chi connectivity index (χ1n) is 6.14. The van der Waals surface area contributed by atoms with E-state index in [9.17, 15) is 5.11 Å². The van der Waals surface area contributed by atoms with Gasteiger partial charge in [0, 0.05) is 24.3 Å². The Morgan fingerprint density at radius 1 is 1.53 bits per heavy atom. The van der Waals surface area contributed by atoms with Crippen LogP contribution in [0.2, 0.25) is 0 Å². The summed E-state index contributed by atoms with van der Waals surface area (Å²) in [4.78, 5) is 6.48. The van der Waals surface area contributed by atoms with Crippen LogP contribution in [0.1, 0.15) is 31.7 Å². The lowest BCUT2D eigenvalue weighted by molar-refractivity contribution is 0.177. The number of methoxy groups -OCH3 is 1. The molecule has 1 saturated heterocycles. The Morgan fingerprint density at radius 3 is 3.00 bits per heavy atom. The van der Waals surface area contributed by atoms with E-state index in [1.807, 2.05) is 0 Å². The van der Waals surface area contributed by atoms with Crippen LogP contribution < -0.4 is 9.64 Å². The lowest BCUT2D eigenvalue weighted by Crippen LogP contribution is -2.38. The zero-order chi connectivity index (χ0) is 12.3. The minimum atomic E-state index is -0.225. The van der Waals surface area contributed by atoms with E-state index in [0.29, 0.717) is 11.9 Å². The SMILES string of the molecule is COc1nccc(C[O])c1N1CCCCC1C. The van der Waals surface area contributed by atoms with E-state index in [4.69, 9.17) is 4.74 Å². The molecule has 0 N–H and O–H groups in total. The van der Waals surface area contributed by atoms with Gasteiger partial charge in [0.15, 0.2) is 0 Å². The Bertz CT molecular complexity index is 359. The summed E-state index contributed by atoms with van der Waals surface area (Å²) in [6, 6.07) is 2.25. The van der Waals surface area contributed by atoms with Gasteiger partial charge in [-0.25, -0.2) is 10.1 Å². The molecule has 0 spiro atoms. The van der Waals surface area contributed by atoms with Gasteiger partial charge >= 0.3 is 0 Å². The van der Waals surface area contributed by atoms with E-state index in [2.05, 4.69) is 16.8 Å². The van der Waals surface area contributed by atoms with Crippen LogP contribution in [0.15, 0.2) is 12.3 Å². The number of anilines is 1. The lowest BCUT2D eigenvalue weighted by atomic mass is 10.0. The number of hydrogen-bond donors (Lipinski definition) is 0. The van der Waals surface area contributed by atoms with Crippen molar-refractivity contribution in [1.29, 1.82) is 0 Å². The maximum Gasteiger partial charge on any atom is 0.237 e. The predicted molar refractivity (Wildman–Crippen MR) is 65.8 cm³/mol. The summed E-state index contributed by atoms with van der Waals surface area (Å²) in [6.45, 7) is 2.95. The summed E-state index contributed by atoms with van der Waals surface area (Å²) in [5.41, 5.74) is 1.68. The van der Waals surface area contributed by atoms with Gasteiger partial charge in [0.25, 0.3) is 0 Å². The zero-order valence-electron chi connectivity index (χ0n) is 10.5. The van der Waals surface area contributed by atoms with Crippen LogP contribution in [0.25, 0.3) is 0 Å². The van der Waals surface area contributed by atoms with Crippen molar-refractivity contribution in [3.05, 3.63) is 17.8 Å². The van der Waals surface area contributed by atoms with Crippen LogP contribution in [0, 0.1) is 0 Å². The average Bonchev–Trinajstić information content (AvgIpc) is 2.38. The molecule has 93 valence electrons. The van der Waals surface area contributed by atoms with E-state index >= 15 is 0 Å². The zero-order valence-corrected chi connectivity index (χ0v) is 10.5. The van der Waals surface area contributed by atoms with Gasteiger partial charge < -0.3 is 9.64 Å². The van der Waals surface area contributed by atoms with Crippen LogP contribution in [0.5, 0.6) is 5.88 Å². The molecular weight excluding hydrogens is 216 g/mol. The minimum Gasteiger partial charge on any atom is -0.480 e. The Morgan fingerprint density at radius 2 is 2.35 bits per heavy atom. The molecule has 1 unspecified atom stereocenters. The third-order valence-corrected chi connectivity index (χ3v) is 3.41. The van der Waals surface area contributed by atoms with Gasteiger partial charge in [-0.15, -0.1) is 0 Å². The fraction of sp³-hybridized carbons (Fsp3) is 0.615. The summed E-state index contributed by atoms with van der Waals surface area (Å²) < 4.78 is 5.30. The van der Waals surface area contributed by atoms with Crippen LogP contribution in [-0.4, -0.2) is 24.7 Å². The fourth-order valence-corrected chi connectivity index (χ4v) is 2.48. The molecule has 2 heterocycles. The van der Waals surface area contributed by atoms with Gasteiger partial charge in [-0.1, -0.05) is 0 Å².